The predicted octanol–water partition coefficient (Wildman–Crippen LogP) is 3.96. The molecule has 0 fully saturated rings. The van der Waals surface area contributed by atoms with Crippen molar-refractivity contribution in [2.75, 3.05) is 11.3 Å². The van der Waals surface area contributed by atoms with Crippen molar-refractivity contribution in [1.82, 2.24) is 5.43 Å². The second-order valence-electron chi connectivity index (χ2n) is 6.85. The summed E-state index contributed by atoms with van der Waals surface area (Å²) < 4.78 is 32.9. The van der Waals surface area contributed by atoms with Gasteiger partial charge in [-0.3, -0.25) is 9.52 Å². The van der Waals surface area contributed by atoms with Crippen molar-refractivity contribution in [1.29, 1.82) is 0 Å². The van der Waals surface area contributed by atoms with Crippen molar-refractivity contribution in [3.63, 3.8) is 0 Å². The van der Waals surface area contributed by atoms with Crippen LogP contribution in [-0.4, -0.2) is 27.1 Å². The Morgan fingerprint density at radius 1 is 1.13 bits per heavy atom. The summed E-state index contributed by atoms with van der Waals surface area (Å²) in [6, 6.07) is 12.3. The lowest BCUT2D eigenvalue weighted by Gasteiger charge is -2.12. The van der Waals surface area contributed by atoms with Crippen LogP contribution in [0.5, 0.6) is 5.75 Å². The molecule has 0 aromatic heterocycles. The number of allylic oxidation sites excluding steroid dienone is 2. The third-order valence-corrected chi connectivity index (χ3v) is 6.00. The third kappa shape index (κ3) is 5.93. The average Bonchev–Trinajstić information content (AvgIpc) is 2.75. The van der Waals surface area contributed by atoms with E-state index in [2.05, 4.69) is 27.4 Å². The topological polar surface area (TPSA) is 96.9 Å². The number of carbonyl (C=O) groups excluding carboxylic acids is 1. The zero-order chi connectivity index (χ0) is 21.4. The Labute approximate surface area is 176 Å². The van der Waals surface area contributed by atoms with Gasteiger partial charge in [0.15, 0.2) is 0 Å². The number of carbonyl (C=O) groups is 1. The summed E-state index contributed by atoms with van der Waals surface area (Å²) in [5.41, 5.74) is 3.26. The van der Waals surface area contributed by atoms with E-state index < -0.39 is 10.0 Å². The molecule has 1 amide bonds. The Balaban J connectivity index is 1.58. The summed E-state index contributed by atoms with van der Waals surface area (Å²) in [7, 11) is -3.74. The maximum Gasteiger partial charge on any atom is 0.271 e. The molecule has 2 aromatic rings. The SMILES string of the molecule is CCOc1ccc(S(=O)(=O)Nc2ccc(C(=O)NN=C[C@H]3CC=CCC3)cc2)cc1. The molecule has 30 heavy (non-hydrogen) atoms. The highest BCUT2D eigenvalue weighted by Gasteiger charge is 2.15. The van der Waals surface area contributed by atoms with Gasteiger partial charge >= 0.3 is 0 Å². The molecule has 0 unspecified atom stereocenters. The molecule has 0 saturated heterocycles. The smallest absolute Gasteiger partial charge is 0.271 e. The van der Waals surface area contributed by atoms with Crippen LogP contribution >= 0.6 is 0 Å². The number of anilines is 1. The first-order valence-electron chi connectivity index (χ1n) is 9.82. The Bertz CT molecular complexity index is 1010. The Hall–Kier alpha value is -3.13. The van der Waals surface area contributed by atoms with Crippen molar-refractivity contribution in [3.8, 4) is 5.75 Å². The lowest BCUT2D eigenvalue weighted by molar-refractivity contribution is 0.0955. The fourth-order valence-corrected chi connectivity index (χ4v) is 4.06. The number of hydrogen-bond acceptors (Lipinski definition) is 5. The first kappa shape index (κ1) is 21.6. The van der Waals surface area contributed by atoms with Gasteiger partial charge in [0.1, 0.15) is 5.75 Å². The maximum atomic E-state index is 12.5. The molecule has 1 aliphatic rings. The summed E-state index contributed by atoms with van der Waals surface area (Å²) in [6.07, 6.45) is 9.02. The van der Waals surface area contributed by atoms with Crippen LogP contribution in [0.4, 0.5) is 5.69 Å². The van der Waals surface area contributed by atoms with Crippen LogP contribution in [0.25, 0.3) is 0 Å². The average molecular weight is 428 g/mol. The minimum absolute atomic E-state index is 0.125. The number of benzene rings is 2. The number of nitrogens with zero attached hydrogens (tertiary/aromatic N) is 1. The van der Waals surface area contributed by atoms with Gasteiger partial charge < -0.3 is 4.74 Å². The second kappa shape index (κ2) is 10.1. The lowest BCUT2D eigenvalue weighted by atomic mass is 9.96. The molecule has 0 heterocycles. The molecule has 7 nitrogen and oxygen atoms in total. The molecule has 0 aliphatic heterocycles. The highest BCUT2D eigenvalue weighted by atomic mass is 32.2. The predicted molar refractivity (Wildman–Crippen MR) is 117 cm³/mol. The second-order valence-corrected chi connectivity index (χ2v) is 8.53. The first-order chi connectivity index (χ1) is 14.5. The van der Waals surface area contributed by atoms with Gasteiger partial charge in [0.2, 0.25) is 0 Å². The summed E-state index contributed by atoms with van der Waals surface area (Å²) in [5.74, 6) is 0.600. The Kier molecular flexibility index (Phi) is 7.24. The van der Waals surface area contributed by atoms with E-state index in [-0.39, 0.29) is 10.8 Å². The minimum atomic E-state index is -3.74. The van der Waals surface area contributed by atoms with Crippen molar-refractivity contribution in [2.24, 2.45) is 11.0 Å². The van der Waals surface area contributed by atoms with Crippen molar-refractivity contribution in [2.45, 2.75) is 31.1 Å². The highest BCUT2D eigenvalue weighted by Crippen LogP contribution is 2.20. The maximum absolute atomic E-state index is 12.5. The number of sulfonamides is 1. The van der Waals surface area contributed by atoms with Gasteiger partial charge in [-0.15, -0.1) is 0 Å². The van der Waals surface area contributed by atoms with E-state index in [9.17, 15) is 13.2 Å². The number of nitrogens with one attached hydrogen (secondary N) is 2. The quantitative estimate of drug-likeness (QED) is 0.379. The van der Waals surface area contributed by atoms with Gasteiger partial charge in [0.05, 0.1) is 11.5 Å². The Morgan fingerprint density at radius 3 is 2.50 bits per heavy atom. The molecule has 8 heteroatoms. The molecule has 2 N–H and O–H groups in total. The molecular weight excluding hydrogens is 402 g/mol. The van der Waals surface area contributed by atoms with E-state index >= 15 is 0 Å². The molecule has 1 atom stereocenters. The zero-order valence-corrected chi connectivity index (χ0v) is 17.6. The molecule has 2 aromatic carbocycles. The van der Waals surface area contributed by atoms with Crippen molar-refractivity contribution in [3.05, 3.63) is 66.2 Å². The zero-order valence-electron chi connectivity index (χ0n) is 16.7. The van der Waals surface area contributed by atoms with Crippen LogP contribution in [0.1, 0.15) is 36.5 Å². The van der Waals surface area contributed by atoms with E-state index in [0.717, 1.165) is 19.3 Å². The summed E-state index contributed by atoms with van der Waals surface area (Å²) in [4.78, 5) is 12.3. The van der Waals surface area contributed by atoms with E-state index in [0.29, 0.717) is 29.5 Å². The highest BCUT2D eigenvalue weighted by molar-refractivity contribution is 7.92. The van der Waals surface area contributed by atoms with Crippen LogP contribution in [0.15, 0.2) is 70.7 Å². The number of rotatable bonds is 8. The van der Waals surface area contributed by atoms with Crippen molar-refractivity contribution < 1.29 is 17.9 Å². The number of amides is 1. The fraction of sp³-hybridized carbons (Fsp3) is 0.273. The molecule has 0 saturated carbocycles. The van der Waals surface area contributed by atoms with E-state index in [1.165, 1.54) is 24.3 Å². The molecule has 0 spiro atoms. The summed E-state index contributed by atoms with van der Waals surface area (Å²) >= 11 is 0. The standard InChI is InChI=1S/C22H25N3O4S/c1-2-29-20-12-14-21(15-13-20)30(27,28)25-19-10-8-18(9-11-19)22(26)24-23-16-17-6-4-3-5-7-17/h3-4,8-17,25H,2,5-7H2,1H3,(H,24,26)/t17-/m0/s1. The molecule has 158 valence electrons. The number of ether oxygens (including phenoxy) is 1. The third-order valence-electron chi connectivity index (χ3n) is 4.61. The van der Waals surface area contributed by atoms with E-state index in [1.807, 2.05) is 6.92 Å². The van der Waals surface area contributed by atoms with E-state index in [1.54, 1.807) is 30.5 Å². The molecule has 0 radical (unpaired) electrons. The number of hydrogen-bond donors (Lipinski definition) is 2. The lowest BCUT2D eigenvalue weighted by Crippen LogP contribution is -2.19. The largest absolute Gasteiger partial charge is 0.494 e. The van der Waals surface area contributed by atoms with Crippen molar-refractivity contribution >= 4 is 27.8 Å². The van der Waals surface area contributed by atoms with Crippen LogP contribution in [0.3, 0.4) is 0 Å². The van der Waals surface area contributed by atoms with Gasteiger partial charge in [0.25, 0.3) is 15.9 Å². The summed E-state index contributed by atoms with van der Waals surface area (Å²) in [5, 5.41) is 4.03. The number of hydrazone groups is 1. The van der Waals surface area contributed by atoms with Gasteiger partial charge in [-0.1, -0.05) is 12.2 Å². The molecular formula is C22H25N3O4S. The first-order valence-corrected chi connectivity index (χ1v) is 11.3. The molecule has 1 aliphatic carbocycles. The van der Waals surface area contributed by atoms with Crippen LogP contribution in [0, 0.1) is 5.92 Å². The van der Waals surface area contributed by atoms with Crippen LogP contribution in [0.2, 0.25) is 0 Å². The minimum Gasteiger partial charge on any atom is -0.494 e. The molecule has 3 rings (SSSR count). The van der Waals surface area contributed by atoms with E-state index in [4.69, 9.17) is 4.74 Å². The Morgan fingerprint density at radius 2 is 1.87 bits per heavy atom. The monoisotopic (exact) mass is 427 g/mol. The molecule has 0 bridgehead atoms. The van der Waals surface area contributed by atoms with Gasteiger partial charge in [-0.25, -0.2) is 13.8 Å². The summed E-state index contributed by atoms with van der Waals surface area (Å²) in [6.45, 7) is 2.37. The van der Waals surface area contributed by atoms with Gasteiger partial charge in [-0.2, -0.15) is 5.10 Å². The normalized spacial score (nSPS) is 16.4. The van der Waals surface area contributed by atoms with Crippen LogP contribution in [-0.2, 0) is 10.0 Å². The fourth-order valence-electron chi connectivity index (χ4n) is 3.00. The van der Waals surface area contributed by atoms with Gasteiger partial charge in [0, 0.05) is 17.5 Å². The van der Waals surface area contributed by atoms with Crippen LogP contribution < -0.4 is 14.9 Å². The van der Waals surface area contributed by atoms with Gasteiger partial charge in [-0.05, 0) is 80.6 Å².